The van der Waals surface area contributed by atoms with Crippen molar-refractivity contribution in [2.45, 2.75) is 32.0 Å². The molecular formula is C25H21FN2O3. The van der Waals surface area contributed by atoms with Crippen LogP contribution in [0.15, 0.2) is 72.8 Å². The standard InChI is InChI=1S/C25H21FN2O3/c1-16-7-13-19(14-8-16)28-24(30)27(23(29)17-9-11-18(26)12-10-17)21-15-25(28,2)31-22-6-4-3-5-20(21)22/h3-14,21H,15H2,1-2H3/t21-,25+/m0/s1. The molecule has 2 heterocycles. The van der Waals surface area contributed by atoms with E-state index in [0.29, 0.717) is 17.9 Å². The van der Waals surface area contributed by atoms with Gasteiger partial charge in [-0.2, -0.15) is 0 Å². The monoisotopic (exact) mass is 416 g/mol. The van der Waals surface area contributed by atoms with Crippen LogP contribution in [0, 0.1) is 12.7 Å². The number of fused-ring (bicyclic) bond motifs is 4. The third-order valence-electron chi connectivity index (χ3n) is 5.96. The first-order valence-electron chi connectivity index (χ1n) is 10.2. The number of nitrogens with zero attached hydrogens (tertiary/aromatic N) is 2. The zero-order valence-electron chi connectivity index (χ0n) is 17.2. The fourth-order valence-electron chi connectivity index (χ4n) is 4.44. The highest BCUT2D eigenvalue weighted by atomic mass is 19.1. The smallest absolute Gasteiger partial charge is 0.335 e. The molecule has 3 aromatic rings. The van der Waals surface area contributed by atoms with Crippen molar-refractivity contribution in [3.05, 3.63) is 95.3 Å². The maximum Gasteiger partial charge on any atom is 0.335 e. The fraction of sp³-hybridized carbons (Fsp3) is 0.200. The summed E-state index contributed by atoms with van der Waals surface area (Å²) < 4.78 is 19.7. The number of hydrogen-bond acceptors (Lipinski definition) is 3. The Labute approximate surface area is 179 Å². The minimum atomic E-state index is -0.953. The molecule has 5 nitrogen and oxygen atoms in total. The number of ether oxygens (including phenoxy) is 1. The second kappa shape index (κ2) is 6.94. The quantitative estimate of drug-likeness (QED) is 0.558. The third-order valence-corrected chi connectivity index (χ3v) is 5.96. The average molecular weight is 416 g/mol. The Kier molecular flexibility index (Phi) is 4.32. The number of anilines is 1. The summed E-state index contributed by atoms with van der Waals surface area (Å²) in [4.78, 5) is 30.1. The lowest BCUT2D eigenvalue weighted by Crippen LogP contribution is -2.67. The number of carbonyl (C=O) groups is 2. The molecule has 5 rings (SSSR count). The van der Waals surface area contributed by atoms with E-state index in [0.717, 1.165) is 11.1 Å². The highest BCUT2D eigenvalue weighted by molar-refractivity contribution is 6.10. The Bertz CT molecular complexity index is 1180. The summed E-state index contributed by atoms with van der Waals surface area (Å²) in [6.07, 6.45) is 0.413. The Hall–Kier alpha value is -3.67. The molecule has 1 saturated heterocycles. The molecule has 2 aliphatic rings. The molecule has 0 spiro atoms. The molecule has 6 heteroatoms. The Morgan fingerprint density at radius 2 is 1.71 bits per heavy atom. The van der Waals surface area contributed by atoms with E-state index >= 15 is 0 Å². The van der Waals surface area contributed by atoms with Gasteiger partial charge in [-0.25, -0.2) is 9.18 Å². The number of benzene rings is 3. The van der Waals surface area contributed by atoms with Gasteiger partial charge in [-0.1, -0.05) is 35.9 Å². The highest BCUT2D eigenvalue weighted by Crippen LogP contribution is 2.49. The first-order chi connectivity index (χ1) is 14.9. The van der Waals surface area contributed by atoms with Crippen LogP contribution < -0.4 is 9.64 Å². The van der Waals surface area contributed by atoms with Crippen LogP contribution in [-0.4, -0.2) is 22.6 Å². The molecule has 0 N–H and O–H groups in total. The van der Waals surface area contributed by atoms with Crippen LogP contribution in [0.25, 0.3) is 0 Å². The number of carbonyl (C=O) groups excluding carboxylic acids is 2. The van der Waals surface area contributed by atoms with E-state index in [2.05, 4.69) is 0 Å². The van der Waals surface area contributed by atoms with Crippen LogP contribution in [0.1, 0.15) is 40.9 Å². The first kappa shape index (κ1) is 19.3. The minimum absolute atomic E-state index is 0.256. The number of urea groups is 1. The van der Waals surface area contributed by atoms with E-state index in [1.54, 1.807) is 4.90 Å². The van der Waals surface area contributed by atoms with Crippen molar-refractivity contribution in [3.8, 4) is 5.75 Å². The largest absolute Gasteiger partial charge is 0.467 e. The fourth-order valence-corrected chi connectivity index (χ4v) is 4.44. The van der Waals surface area contributed by atoms with Gasteiger partial charge in [-0.15, -0.1) is 0 Å². The van der Waals surface area contributed by atoms with Crippen LogP contribution in [0.3, 0.4) is 0 Å². The van der Waals surface area contributed by atoms with Gasteiger partial charge in [0.1, 0.15) is 11.6 Å². The molecular weight excluding hydrogens is 395 g/mol. The SMILES string of the molecule is Cc1ccc(N2C(=O)N(C(=O)c3ccc(F)cc3)[C@H]3C[C@@]2(C)Oc2ccccc23)cc1. The lowest BCUT2D eigenvalue weighted by atomic mass is 9.88. The number of rotatable bonds is 2. The van der Waals surface area contributed by atoms with E-state index in [9.17, 15) is 14.0 Å². The van der Waals surface area contributed by atoms with E-state index < -0.39 is 29.5 Å². The zero-order chi connectivity index (χ0) is 21.8. The van der Waals surface area contributed by atoms with Gasteiger partial charge in [0.05, 0.1) is 6.04 Å². The van der Waals surface area contributed by atoms with Crippen molar-refractivity contribution in [3.63, 3.8) is 0 Å². The van der Waals surface area contributed by atoms with Crippen LogP contribution in [0.5, 0.6) is 5.75 Å². The summed E-state index contributed by atoms with van der Waals surface area (Å²) in [5, 5.41) is 0. The van der Waals surface area contributed by atoms with Crippen molar-refractivity contribution >= 4 is 17.6 Å². The molecule has 1 fully saturated rings. The van der Waals surface area contributed by atoms with E-state index in [1.165, 1.54) is 29.2 Å². The van der Waals surface area contributed by atoms with E-state index in [-0.39, 0.29) is 5.56 Å². The summed E-state index contributed by atoms with van der Waals surface area (Å²) in [5.41, 5.74) is 1.79. The molecule has 0 aromatic heterocycles. The molecule has 156 valence electrons. The molecule has 0 saturated carbocycles. The summed E-state index contributed by atoms with van der Waals surface area (Å²) in [5.74, 6) is -0.263. The van der Waals surface area contributed by atoms with Gasteiger partial charge in [-0.3, -0.25) is 14.6 Å². The summed E-state index contributed by atoms with van der Waals surface area (Å²) in [6, 6.07) is 19.3. The maximum atomic E-state index is 13.8. The van der Waals surface area contributed by atoms with Crippen molar-refractivity contribution in [1.82, 2.24) is 4.90 Å². The lowest BCUT2D eigenvalue weighted by Gasteiger charge is -2.53. The second-order valence-electron chi connectivity index (χ2n) is 8.17. The number of amides is 3. The Morgan fingerprint density at radius 3 is 2.42 bits per heavy atom. The number of imide groups is 1. The van der Waals surface area contributed by atoms with Gasteiger partial charge in [0.15, 0.2) is 5.72 Å². The van der Waals surface area contributed by atoms with Gasteiger partial charge in [0.2, 0.25) is 0 Å². The Morgan fingerprint density at radius 1 is 1.03 bits per heavy atom. The molecule has 0 unspecified atom stereocenters. The molecule has 2 bridgehead atoms. The van der Waals surface area contributed by atoms with Crippen molar-refractivity contribution in [2.75, 3.05) is 4.90 Å². The summed E-state index contributed by atoms with van der Waals surface area (Å²) in [6.45, 7) is 3.84. The topological polar surface area (TPSA) is 49.9 Å². The minimum Gasteiger partial charge on any atom is -0.467 e. The number of halogens is 1. The lowest BCUT2D eigenvalue weighted by molar-refractivity contribution is 0.00268. The number of para-hydroxylation sites is 1. The molecule has 2 atom stereocenters. The van der Waals surface area contributed by atoms with Crippen LogP contribution in [0.4, 0.5) is 14.9 Å². The molecule has 3 amide bonds. The average Bonchev–Trinajstić information content (AvgIpc) is 2.75. The zero-order valence-corrected chi connectivity index (χ0v) is 17.2. The second-order valence-corrected chi connectivity index (χ2v) is 8.17. The van der Waals surface area contributed by atoms with Crippen molar-refractivity contribution in [2.24, 2.45) is 0 Å². The molecule has 3 aromatic carbocycles. The van der Waals surface area contributed by atoms with Gasteiger partial charge in [0.25, 0.3) is 5.91 Å². The van der Waals surface area contributed by atoms with Crippen molar-refractivity contribution < 1.29 is 18.7 Å². The van der Waals surface area contributed by atoms with Crippen LogP contribution in [-0.2, 0) is 0 Å². The number of aryl methyl sites for hydroxylation is 1. The van der Waals surface area contributed by atoms with Crippen LogP contribution >= 0.6 is 0 Å². The first-order valence-corrected chi connectivity index (χ1v) is 10.2. The molecule has 31 heavy (non-hydrogen) atoms. The van der Waals surface area contributed by atoms with Crippen molar-refractivity contribution in [1.29, 1.82) is 0 Å². The van der Waals surface area contributed by atoms with Gasteiger partial charge in [-0.05, 0) is 56.3 Å². The van der Waals surface area contributed by atoms with Crippen LogP contribution in [0.2, 0.25) is 0 Å². The molecule has 2 aliphatic heterocycles. The number of hydrogen-bond donors (Lipinski definition) is 0. The van der Waals surface area contributed by atoms with E-state index in [1.807, 2.05) is 62.4 Å². The predicted molar refractivity (Wildman–Crippen MR) is 114 cm³/mol. The predicted octanol–water partition coefficient (Wildman–Crippen LogP) is 5.46. The maximum absolute atomic E-state index is 13.8. The summed E-state index contributed by atoms with van der Waals surface area (Å²) >= 11 is 0. The third kappa shape index (κ3) is 3.06. The van der Waals surface area contributed by atoms with Gasteiger partial charge in [0, 0.05) is 23.2 Å². The highest BCUT2D eigenvalue weighted by Gasteiger charge is 2.55. The van der Waals surface area contributed by atoms with E-state index in [4.69, 9.17) is 4.74 Å². The molecule has 0 aliphatic carbocycles. The normalized spacial score (nSPS) is 22.0. The summed E-state index contributed by atoms with van der Waals surface area (Å²) in [7, 11) is 0. The van der Waals surface area contributed by atoms with Gasteiger partial charge < -0.3 is 4.74 Å². The van der Waals surface area contributed by atoms with Gasteiger partial charge >= 0.3 is 6.03 Å². The molecule has 0 radical (unpaired) electrons. The Balaban J connectivity index is 1.66.